The smallest absolute Gasteiger partial charge is 0.302 e. The van der Waals surface area contributed by atoms with Gasteiger partial charge in [0.1, 0.15) is 23.3 Å². The van der Waals surface area contributed by atoms with Crippen LogP contribution in [0.1, 0.15) is 24.3 Å². The molecule has 5 rings (SSSR count). The average Bonchev–Trinajstić information content (AvgIpc) is 3.53. The maximum absolute atomic E-state index is 13.1. The van der Waals surface area contributed by atoms with Gasteiger partial charge in [-0.2, -0.15) is 0 Å². The number of aliphatic hydroxyl groups is 1. The SMILES string of the molecule is CCOc1ccc(/C(O)=C2\C(=O)C(=O)N(c3nc4ccccc4s3)C2c2ccco2)cc1. The van der Waals surface area contributed by atoms with E-state index in [1.807, 2.05) is 31.2 Å². The summed E-state index contributed by atoms with van der Waals surface area (Å²) < 4.78 is 11.9. The topological polar surface area (TPSA) is 92.9 Å². The summed E-state index contributed by atoms with van der Waals surface area (Å²) in [5.41, 5.74) is 1.07. The molecule has 1 atom stereocenters. The minimum atomic E-state index is -0.933. The lowest BCUT2D eigenvalue weighted by Gasteiger charge is -2.20. The van der Waals surface area contributed by atoms with Crippen LogP contribution in [0.25, 0.3) is 16.0 Å². The molecule has 1 aliphatic rings. The molecule has 0 aliphatic carbocycles. The van der Waals surface area contributed by atoms with E-state index in [2.05, 4.69) is 4.98 Å². The van der Waals surface area contributed by atoms with Crippen molar-refractivity contribution in [1.82, 2.24) is 4.98 Å². The summed E-state index contributed by atoms with van der Waals surface area (Å²) in [6.07, 6.45) is 1.46. The van der Waals surface area contributed by atoms with E-state index in [-0.39, 0.29) is 11.3 Å². The zero-order valence-corrected chi connectivity index (χ0v) is 17.8. The lowest BCUT2D eigenvalue weighted by molar-refractivity contribution is -0.132. The summed E-state index contributed by atoms with van der Waals surface area (Å²) in [6, 6.07) is 16.6. The van der Waals surface area contributed by atoms with E-state index in [1.165, 1.54) is 22.5 Å². The van der Waals surface area contributed by atoms with E-state index in [9.17, 15) is 14.7 Å². The van der Waals surface area contributed by atoms with Crippen LogP contribution in [-0.2, 0) is 9.59 Å². The molecule has 0 bridgehead atoms. The molecule has 3 heterocycles. The molecule has 32 heavy (non-hydrogen) atoms. The number of hydrogen-bond donors (Lipinski definition) is 1. The fourth-order valence-electron chi connectivity index (χ4n) is 3.74. The number of furan rings is 1. The van der Waals surface area contributed by atoms with Gasteiger partial charge >= 0.3 is 5.91 Å². The van der Waals surface area contributed by atoms with Gasteiger partial charge in [0.25, 0.3) is 5.78 Å². The van der Waals surface area contributed by atoms with E-state index in [1.54, 1.807) is 36.4 Å². The number of benzene rings is 2. The Morgan fingerprint density at radius 3 is 2.59 bits per heavy atom. The van der Waals surface area contributed by atoms with Crippen LogP contribution in [0.15, 0.2) is 76.9 Å². The fourth-order valence-corrected chi connectivity index (χ4v) is 4.73. The average molecular weight is 446 g/mol. The van der Waals surface area contributed by atoms with Gasteiger partial charge in [0, 0.05) is 5.56 Å². The number of fused-ring (bicyclic) bond motifs is 1. The van der Waals surface area contributed by atoms with Crippen molar-refractivity contribution >= 4 is 44.1 Å². The van der Waals surface area contributed by atoms with E-state index in [4.69, 9.17) is 9.15 Å². The van der Waals surface area contributed by atoms with Crippen LogP contribution < -0.4 is 9.64 Å². The second kappa shape index (κ2) is 7.97. The molecule has 7 nitrogen and oxygen atoms in total. The third-order valence-electron chi connectivity index (χ3n) is 5.18. The molecule has 2 aromatic carbocycles. The number of aliphatic hydroxyl groups excluding tert-OH is 1. The molecule has 8 heteroatoms. The molecule has 1 fully saturated rings. The van der Waals surface area contributed by atoms with Crippen LogP contribution in [0.5, 0.6) is 5.75 Å². The van der Waals surface area contributed by atoms with E-state index in [0.29, 0.717) is 28.8 Å². The standard InChI is InChI=1S/C24H18N2O5S/c1-2-30-15-11-9-14(10-12-15)21(27)19-20(17-7-5-13-31-17)26(23(29)22(19)28)24-25-16-6-3-4-8-18(16)32-24/h3-13,20,27H,2H2,1H3/b21-19+. The second-order valence-corrected chi connectivity index (χ2v) is 8.12. The highest BCUT2D eigenvalue weighted by molar-refractivity contribution is 7.22. The van der Waals surface area contributed by atoms with E-state index in [0.717, 1.165) is 10.2 Å². The molecule has 1 amide bonds. The molecule has 4 aromatic rings. The van der Waals surface area contributed by atoms with Crippen LogP contribution in [0, 0.1) is 0 Å². The van der Waals surface area contributed by atoms with Crippen molar-refractivity contribution < 1.29 is 23.8 Å². The maximum atomic E-state index is 13.1. The van der Waals surface area contributed by atoms with Crippen molar-refractivity contribution in [3.8, 4) is 5.75 Å². The van der Waals surface area contributed by atoms with Gasteiger partial charge in [0.05, 0.1) is 28.7 Å². The Balaban J connectivity index is 1.65. The van der Waals surface area contributed by atoms with Crippen LogP contribution >= 0.6 is 11.3 Å². The second-order valence-electron chi connectivity index (χ2n) is 7.11. The Hall–Kier alpha value is -3.91. The first-order valence-corrected chi connectivity index (χ1v) is 10.8. The fraction of sp³-hybridized carbons (Fsp3) is 0.125. The Morgan fingerprint density at radius 2 is 1.91 bits per heavy atom. The number of rotatable bonds is 5. The molecule has 160 valence electrons. The number of nitrogens with zero attached hydrogens (tertiary/aromatic N) is 2. The van der Waals surface area contributed by atoms with E-state index < -0.39 is 17.7 Å². The number of aromatic nitrogens is 1. The first-order valence-electron chi connectivity index (χ1n) is 10.0. The van der Waals surface area contributed by atoms with Gasteiger partial charge in [-0.05, 0) is 55.5 Å². The number of carbonyl (C=O) groups is 2. The first kappa shape index (κ1) is 20.0. The number of para-hydroxylation sites is 1. The highest BCUT2D eigenvalue weighted by Gasteiger charge is 2.49. The van der Waals surface area contributed by atoms with Crippen molar-refractivity contribution in [2.24, 2.45) is 0 Å². The number of Topliss-reactive ketones (excluding diaryl/α,β-unsaturated/α-hetero) is 1. The van der Waals surface area contributed by atoms with Gasteiger partial charge in [-0.15, -0.1) is 0 Å². The molecule has 1 N–H and O–H groups in total. The lowest BCUT2D eigenvalue weighted by Crippen LogP contribution is -2.29. The van der Waals surface area contributed by atoms with Gasteiger partial charge in [0.15, 0.2) is 5.13 Å². The van der Waals surface area contributed by atoms with Crippen LogP contribution in [0.2, 0.25) is 0 Å². The maximum Gasteiger partial charge on any atom is 0.302 e. The molecule has 1 unspecified atom stereocenters. The molecule has 0 saturated carbocycles. The number of hydrogen-bond acceptors (Lipinski definition) is 7. The Labute approximate surface area is 187 Å². The molecule has 2 aromatic heterocycles. The Bertz CT molecular complexity index is 1310. The molecule has 1 saturated heterocycles. The minimum Gasteiger partial charge on any atom is -0.507 e. The number of carbonyl (C=O) groups excluding carboxylic acids is 2. The zero-order chi connectivity index (χ0) is 22.2. The van der Waals surface area contributed by atoms with Gasteiger partial charge in [-0.25, -0.2) is 4.98 Å². The number of ether oxygens (including phenoxy) is 1. The van der Waals surface area contributed by atoms with Crippen LogP contribution in [0.3, 0.4) is 0 Å². The molecular weight excluding hydrogens is 428 g/mol. The van der Waals surface area contributed by atoms with Gasteiger partial charge in [-0.1, -0.05) is 23.5 Å². The summed E-state index contributed by atoms with van der Waals surface area (Å²) in [4.78, 5) is 32.1. The third kappa shape index (κ3) is 3.25. The van der Waals surface area contributed by atoms with Crippen molar-refractivity contribution in [3.63, 3.8) is 0 Å². The zero-order valence-electron chi connectivity index (χ0n) is 17.0. The highest BCUT2D eigenvalue weighted by atomic mass is 32.1. The summed E-state index contributed by atoms with van der Waals surface area (Å²) >= 11 is 1.30. The van der Waals surface area contributed by atoms with Crippen molar-refractivity contribution in [1.29, 1.82) is 0 Å². The number of thiazole rings is 1. The number of anilines is 1. The molecular formula is C24H18N2O5S. The lowest BCUT2D eigenvalue weighted by atomic mass is 9.99. The van der Waals surface area contributed by atoms with Gasteiger partial charge < -0.3 is 14.3 Å². The third-order valence-corrected chi connectivity index (χ3v) is 6.22. The van der Waals surface area contributed by atoms with E-state index >= 15 is 0 Å². The largest absolute Gasteiger partial charge is 0.507 e. The summed E-state index contributed by atoms with van der Waals surface area (Å²) in [5, 5.41) is 11.4. The van der Waals surface area contributed by atoms with Crippen molar-refractivity contribution in [2.75, 3.05) is 11.5 Å². The molecule has 0 radical (unpaired) electrons. The quantitative estimate of drug-likeness (QED) is 0.266. The minimum absolute atomic E-state index is 0.0478. The monoisotopic (exact) mass is 446 g/mol. The molecule has 1 aliphatic heterocycles. The summed E-state index contributed by atoms with van der Waals surface area (Å²) in [7, 11) is 0. The predicted octanol–water partition coefficient (Wildman–Crippen LogP) is 4.91. The Morgan fingerprint density at radius 1 is 1.12 bits per heavy atom. The first-order chi connectivity index (χ1) is 15.6. The van der Waals surface area contributed by atoms with Crippen LogP contribution in [0.4, 0.5) is 5.13 Å². The highest BCUT2D eigenvalue weighted by Crippen LogP contribution is 2.44. The van der Waals surface area contributed by atoms with Crippen LogP contribution in [-0.4, -0.2) is 28.4 Å². The van der Waals surface area contributed by atoms with Gasteiger partial charge in [-0.3, -0.25) is 14.5 Å². The van der Waals surface area contributed by atoms with Crippen molar-refractivity contribution in [3.05, 3.63) is 83.8 Å². The van der Waals surface area contributed by atoms with Gasteiger partial charge in [0.2, 0.25) is 0 Å². The summed E-state index contributed by atoms with van der Waals surface area (Å²) in [5.74, 6) is -0.844. The van der Waals surface area contributed by atoms with Crippen molar-refractivity contribution in [2.45, 2.75) is 13.0 Å². The molecule has 0 spiro atoms. The predicted molar refractivity (Wildman–Crippen MR) is 121 cm³/mol. The number of ketones is 1. The number of amides is 1. The Kier molecular flexibility index (Phi) is 4.99. The summed E-state index contributed by atoms with van der Waals surface area (Å²) in [6.45, 7) is 2.39. The normalized spacial score (nSPS) is 17.9.